The SMILES string of the molecule is CC1(C)[C@@H](O)[C@H]2CCN(C(=O)OCc3ccccc3)[C@H]21. The number of hydrogen-bond acceptors (Lipinski definition) is 3. The van der Waals surface area contributed by atoms with Crippen molar-refractivity contribution in [3.8, 4) is 0 Å². The Labute approximate surface area is 119 Å². The third-order valence-electron chi connectivity index (χ3n) is 4.81. The first kappa shape index (κ1) is 13.4. The Hall–Kier alpha value is -1.55. The Morgan fingerprint density at radius 3 is 2.80 bits per heavy atom. The zero-order valence-electron chi connectivity index (χ0n) is 12.0. The number of fused-ring (bicyclic) bond motifs is 1. The maximum atomic E-state index is 12.2. The van der Waals surface area contributed by atoms with Gasteiger partial charge in [0.25, 0.3) is 0 Å². The van der Waals surface area contributed by atoms with E-state index in [-0.39, 0.29) is 29.6 Å². The van der Waals surface area contributed by atoms with Crippen molar-refractivity contribution in [1.29, 1.82) is 0 Å². The molecular formula is C16H21NO3. The highest BCUT2D eigenvalue weighted by Crippen LogP contribution is 2.53. The minimum Gasteiger partial charge on any atom is -0.445 e. The first-order valence-electron chi connectivity index (χ1n) is 7.17. The molecule has 1 saturated carbocycles. The summed E-state index contributed by atoms with van der Waals surface area (Å²) >= 11 is 0. The third kappa shape index (κ3) is 1.99. The van der Waals surface area contributed by atoms with Crippen molar-refractivity contribution >= 4 is 6.09 Å². The Balaban J connectivity index is 1.61. The number of amides is 1. The van der Waals surface area contributed by atoms with Gasteiger partial charge in [-0.15, -0.1) is 0 Å². The van der Waals surface area contributed by atoms with Crippen LogP contribution in [-0.2, 0) is 11.3 Å². The lowest BCUT2D eigenvalue weighted by molar-refractivity contribution is -0.138. The molecule has 1 heterocycles. The van der Waals surface area contributed by atoms with E-state index >= 15 is 0 Å². The molecule has 0 unspecified atom stereocenters. The fraction of sp³-hybridized carbons (Fsp3) is 0.562. The summed E-state index contributed by atoms with van der Waals surface area (Å²) in [6, 6.07) is 9.80. The van der Waals surface area contributed by atoms with Crippen molar-refractivity contribution in [2.75, 3.05) is 6.54 Å². The predicted octanol–water partition coefficient (Wildman–Crippen LogP) is 2.41. The zero-order valence-corrected chi connectivity index (χ0v) is 12.0. The van der Waals surface area contributed by atoms with Crippen LogP contribution in [-0.4, -0.2) is 34.8 Å². The van der Waals surface area contributed by atoms with Crippen LogP contribution in [0.2, 0.25) is 0 Å². The Bertz CT molecular complexity index is 500. The maximum Gasteiger partial charge on any atom is 0.410 e. The summed E-state index contributed by atoms with van der Waals surface area (Å²) in [7, 11) is 0. The minimum absolute atomic E-state index is 0.112. The van der Waals surface area contributed by atoms with E-state index in [0.29, 0.717) is 13.2 Å². The second kappa shape index (κ2) is 4.77. The van der Waals surface area contributed by atoms with Gasteiger partial charge in [-0.05, 0) is 12.0 Å². The van der Waals surface area contributed by atoms with Gasteiger partial charge in [0.15, 0.2) is 0 Å². The van der Waals surface area contributed by atoms with Crippen molar-refractivity contribution in [2.45, 2.75) is 39.0 Å². The summed E-state index contributed by atoms with van der Waals surface area (Å²) in [6.07, 6.45) is 0.302. The van der Waals surface area contributed by atoms with Crippen LogP contribution in [0.1, 0.15) is 25.8 Å². The van der Waals surface area contributed by atoms with Gasteiger partial charge >= 0.3 is 6.09 Å². The maximum absolute atomic E-state index is 12.2. The van der Waals surface area contributed by atoms with Gasteiger partial charge in [0.1, 0.15) is 6.61 Å². The van der Waals surface area contributed by atoms with Crippen LogP contribution in [0.25, 0.3) is 0 Å². The standard InChI is InChI=1S/C16H21NO3/c1-16(2)13-12(14(16)18)8-9-17(13)15(19)20-10-11-6-4-3-5-7-11/h3-7,12-14,18H,8-10H2,1-2H3/t12-,13+,14-/m0/s1. The summed E-state index contributed by atoms with van der Waals surface area (Å²) in [5.41, 5.74) is 0.761. The molecule has 4 nitrogen and oxygen atoms in total. The third-order valence-corrected chi connectivity index (χ3v) is 4.81. The largest absolute Gasteiger partial charge is 0.445 e. The molecule has 20 heavy (non-hydrogen) atoms. The van der Waals surface area contributed by atoms with Gasteiger partial charge in [-0.2, -0.15) is 0 Å². The number of ether oxygens (including phenoxy) is 1. The van der Waals surface area contributed by atoms with Crippen molar-refractivity contribution in [3.05, 3.63) is 35.9 Å². The van der Waals surface area contributed by atoms with Crippen LogP contribution in [0.3, 0.4) is 0 Å². The summed E-state index contributed by atoms with van der Waals surface area (Å²) in [5, 5.41) is 10.1. The van der Waals surface area contributed by atoms with Gasteiger partial charge < -0.3 is 14.7 Å². The lowest BCUT2D eigenvalue weighted by atomic mass is 9.58. The summed E-state index contributed by atoms with van der Waals surface area (Å²) in [4.78, 5) is 14.0. The van der Waals surface area contributed by atoms with Crippen molar-refractivity contribution in [1.82, 2.24) is 4.90 Å². The molecule has 4 heteroatoms. The van der Waals surface area contributed by atoms with Crippen LogP contribution < -0.4 is 0 Å². The van der Waals surface area contributed by atoms with Gasteiger partial charge in [0.2, 0.25) is 0 Å². The lowest BCUT2D eigenvalue weighted by Crippen LogP contribution is -2.64. The minimum atomic E-state index is -0.306. The number of likely N-dealkylation sites (tertiary alicyclic amines) is 1. The van der Waals surface area contributed by atoms with Crippen LogP contribution >= 0.6 is 0 Å². The van der Waals surface area contributed by atoms with Gasteiger partial charge in [0.05, 0.1) is 6.10 Å². The topological polar surface area (TPSA) is 49.8 Å². The predicted molar refractivity (Wildman–Crippen MR) is 75.0 cm³/mol. The Kier molecular flexibility index (Phi) is 3.21. The van der Waals surface area contributed by atoms with Crippen LogP contribution in [0.5, 0.6) is 0 Å². The molecule has 0 spiro atoms. The second-order valence-electron chi connectivity index (χ2n) is 6.40. The number of aliphatic hydroxyl groups is 1. The quantitative estimate of drug-likeness (QED) is 0.901. The van der Waals surface area contributed by atoms with Crippen LogP contribution in [0, 0.1) is 11.3 Å². The van der Waals surface area contributed by atoms with Crippen molar-refractivity contribution in [2.24, 2.45) is 11.3 Å². The monoisotopic (exact) mass is 275 g/mol. The van der Waals surface area contributed by atoms with E-state index in [0.717, 1.165) is 12.0 Å². The molecule has 2 fully saturated rings. The average molecular weight is 275 g/mol. The van der Waals surface area contributed by atoms with E-state index in [4.69, 9.17) is 4.74 Å². The molecule has 1 saturated heterocycles. The highest BCUT2D eigenvalue weighted by atomic mass is 16.6. The smallest absolute Gasteiger partial charge is 0.410 e. The molecule has 3 atom stereocenters. The molecule has 1 aliphatic carbocycles. The molecule has 1 aromatic carbocycles. The van der Waals surface area contributed by atoms with Crippen molar-refractivity contribution in [3.63, 3.8) is 0 Å². The number of hydrogen-bond donors (Lipinski definition) is 1. The molecule has 1 aromatic rings. The number of carbonyl (C=O) groups excluding carboxylic acids is 1. The fourth-order valence-electron chi connectivity index (χ4n) is 3.72. The van der Waals surface area contributed by atoms with Gasteiger partial charge in [0, 0.05) is 23.9 Å². The summed E-state index contributed by atoms with van der Waals surface area (Å²) in [5.74, 6) is 0.217. The Morgan fingerprint density at radius 2 is 2.10 bits per heavy atom. The highest BCUT2D eigenvalue weighted by molar-refractivity contribution is 5.69. The molecular weight excluding hydrogens is 254 g/mol. The molecule has 108 valence electrons. The highest BCUT2D eigenvalue weighted by Gasteiger charge is 2.62. The number of nitrogens with zero attached hydrogens (tertiary/aromatic N) is 1. The molecule has 0 radical (unpaired) electrons. The number of benzene rings is 1. The van der Waals surface area contributed by atoms with Gasteiger partial charge in [-0.3, -0.25) is 0 Å². The lowest BCUT2D eigenvalue weighted by Gasteiger charge is -2.54. The van der Waals surface area contributed by atoms with Crippen LogP contribution in [0.15, 0.2) is 30.3 Å². The van der Waals surface area contributed by atoms with E-state index in [9.17, 15) is 9.90 Å². The fourth-order valence-corrected chi connectivity index (χ4v) is 3.72. The first-order valence-corrected chi connectivity index (χ1v) is 7.17. The molecule has 0 aromatic heterocycles. The van der Waals surface area contributed by atoms with E-state index in [1.807, 2.05) is 44.2 Å². The second-order valence-corrected chi connectivity index (χ2v) is 6.40. The molecule has 3 rings (SSSR count). The zero-order chi connectivity index (χ0) is 14.3. The number of carbonyl (C=O) groups is 1. The number of aliphatic hydroxyl groups excluding tert-OH is 1. The van der Waals surface area contributed by atoms with E-state index in [2.05, 4.69) is 0 Å². The molecule has 1 aliphatic heterocycles. The van der Waals surface area contributed by atoms with Gasteiger partial charge in [-0.1, -0.05) is 44.2 Å². The summed E-state index contributed by atoms with van der Waals surface area (Å²) in [6.45, 7) is 5.02. The van der Waals surface area contributed by atoms with Crippen molar-refractivity contribution < 1.29 is 14.6 Å². The molecule has 2 aliphatic rings. The van der Waals surface area contributed by atoms with E-state index in [1.54, 1.807) is 4.90 Å². The molecule has 1 N–H and O–H groups in total. The Morgan fingerprint density at radius 1 is 1.40 bits per heavy atom. The first-order chi connectivity index (χ1) is 9.51. The van der Waals surface area contributed by atoms with Crippen LogP contribution in [0.4, 0.5) is 4.79 Å². The molecule has 0 bridgehead atoms. The molecule has 1 amide bonds. The van der Waals surface area contributed by atoms with E-state index < -0.39 is 0 Å². The normalized spacial score (nSPS) is 30.6. The van der Waals surface area contributed by atoms with Gasteiger partial charge in [-0.25, -0.2) is 4.79 Å². The number of rotatable bonds is 2. The average Bonchev–Trinajstić information content (AvgIpc) is 2.88. The summed E-state index contributed by atoms with van der Waals surface area (Å²) < 4.78 is 5.40. The van der Waals surface area contributed by atoms with E-state index in [1.165, 1.54) is 0 Å².